The summed E-state index contributed by atoms with van der Waals surface area (Å²) in [5.41, 5.74) is 1.78. The molecule has 1 N–H and O–H groups in total. The minimum atomic E-state index is -3.22. The van der Waals surface area contributed by atoms with Crippen molar-refractivity contribution in [1.29, 1.82) is 0 Å². The summed E-state index contributed by atoms with van der Waals surface area (Å²) in [6, 6.07) is 7.56. The van der Waals surface area contributed by atoms with Crippen molar-refractivity contribution in [2.45, 2.75) is 19.8 Å². The summed E-state index contributed by atoms with van der Waals surface area (Å²) in [5.74, 6) is -0.384. The number of aryl methyl sites for hydroxylation is 1. The van der Waals surface area contributed by atoms with Gasteiger partial charge in [0.25, 0.3) is 0 Å². The number of hydrogen-bond donors (Lipinski definition) is 1. The second-order valence-corrected chi connectivity index (χ2v) is 7.25. The van der Waals surface area contributed by atoms with Crippen molar-refractivity contribution in [2.75, 3.05) is 24.7 Å². The van der Waals surface area contributed by atoms with E-state index in [1.165, 1.54) is 10.6 Å². The Hall–Kier alpha value is -1.40. The van der Waals surface area contributed by atoms with Gasteiger partial charge < -0.3 is 5.32 Å². The molecule has 0 aliphatic carbocycles. The van der Waals surface area contributed by atoms with Gasteiger partial charge in [-0.25, -0.2) is 12.7 Å². The zero-order valence-electron chi connectivity index (χ0n) is 11.8. The first-order valence-electron chi connectivity index (χ1n) is 6.69. The molecular weight excluding hydrogens is 276 g/mol. The molecule has 1 saturated heterocycles. The lowest BCUT2D eigenvalue weighted by Crippen LogP contribution is -2.43. The monoisotopic (exact) mass is 296 g/mol. The van der Waals surface area contributed by atoms with Crippen molar-refractivity contribution < 1.29 is 13.2 Å². The number of carbonyl (C=O) groups is 1. The molecule has 0 saturated carbocycles. The zero-order chi connectivity index (χ0) is 14.8. The van der Waals surface area contributed by atoms with E-state index in [0.717, 1.165) is 24.1 Å². The number of benzene rings is 1. The molecule has 1 aliphatic rings. The third-order valence-electron chi connectivity index (χ3n) is 3.63. The van der Waals surface area contributed by atoms with Crippen LogP contribution >= 0.6 is 0 Å². The summed E-state index contributed by atoms with van der Waals surface area (Å²) in [5, 5.41) is 2.89. The normalized spacial score (nSPS) is 20.6. The highest BCUT2D eigenvalue weighted by molar-refractivity contribution is 7.88. The second kappa shape index (κ2) is 5.93. The lowest BCUT2D eigenvalue weighted by atomic mass is 9.98. The molecular formula is C14H20N2O3S. The molecule has 1 fully saturated rings. The highest BCUT2D eigenvalue weighted by atomic mass is 32.2. The molecule has 0 aromatic heterocycles. The van der Waals surface area contributed by atoms with Crippen LogP contribution in [0.15, 0.2) is 24.3 Å². The lowest BCUT2D eigenvalue weighted by molar-refractivity contribution is -0.120. The van der Waals surface area contributed by atoms with Gasteiger partial charge in [-0.15, -0.1) is 0 Å². The number of sulfonamides is 1. The van der Waals surface area contributed by atoms with E-state index in [-0.39, 0.29) is 18.4 Å². The van der Waals surface area contributed by atoms with Gasteiger partial charge in [0, 0.05) is 18.8 Å². The van der Waals surface area contributed by atoms with Gasteiger partial charge in [0.2, 0.25) is 15.9 Å². The number of nitrogens with zero attached hydrogens (tertiary/aromatic N) is 1. The topological polar surface area (TPSA) is 66.5 Å². The average Bonchev–Trinajstić information content (AvgIpc) is 2.40. The fourth-order valence-electron chi connectivity index (χ4n) is 2.41. The molecule has 6 heteroatoms. The van der Waals surface area contributed by atoms with E-state index in [2.05, 4.69) is 5.32 Å². The Morgan fingerprint density at radius 3 is 2.70 bits per heavy atom. The molecule has 1 amide bonds. The van der Waals surface area contributed by atoms with Gasteiger partial charge in [0.05, 0.1) is 12.2 Å². The molecule has 0 bridgehead atoms. The van der Waals surface area contributed by atoms with E-state index in [0.29, 0.717) is 6.54 Å². The number of piperidine rings is 1. The minimum absolute atomic E-state index is 0.104. The number of nitrogens with one attached hydrogen (secondary N) is 1. The Kier molecular flexibility index (Phi) is 4.45. The van der Waals surface area contributed by atoms with Gasteiger partial charge >= 0.3 is 0 Å². The predicted octanol–water partition coefficient (Wildman–Crippen LogP) is 1.61. The quantitative estimate of drug-likeness (QED) is 0.921. The molecule has 2 rings (SSSR count). The van der Waals surface area contributed by atoms with Crippen LogP contribution in [0.3, 0.4) is 0 Å². The second-order valence-electron chi connectivity index (χ2n) is 5.26. The van der Waals surface area contributed by atoms with E-state index in [1.807, 2.05) is 31.2 Å². The summed E-state index contributed by atoms with van der Waals surface area (Å²) < 4.78 is 24.5. The highest BCUT2D eigenvalue weighted by Gasteiger charge is 2.30. The first-order valence-corrected chi connectivity index (χ1v) is 8.54. The summed E-state index contributed by atoms with van der Waals surface area (Å²) in [7, 11) is -3.22. The molecule has 1 heterocycles. The van der Waals surface area contributed by atoms with E-state index in [9.17, 15) is 13.2 Å². The van der Waals surface area contributed by atoms with Crippen LogP contribution in [0.25, 0.3) is 0 Å². The largest absolute Gasteiger partial charge is 0.326 e. The van der Waals surface area contributed by atoms with Crippen molar-refractivity contribution >= 4 is 21.6 Å². The third kappa shape index (κ3) is 3.58. The summed E-state index contributed by atoms with van der Waals surface area (Å²) in [6.45, 7) is 2.71. The Morgan fingerprint density at radius 2 is 2.05 bits per heavy atom. The molecule has 0 spiro atoms. The van der Waals surface area contributed by atoms with Crippen LogP contribution in [-0.2, 0) is 14.8 Å². The highest BCUT2D eigenvalue weighted by Crippen LogP contribution is 2.21. The molecule has 1 aromatic rings. The fraction of sp³-hybridized carbons (Fsp3) is 0.500. The van der Waals surface area contributed by atoms with Crippen molar-refractivity contribution in [3.63, 3.8) is 0 Å². The average molecular weight is 296 g/mol. The Balaban J connectivity index is 2.04. The van der Waals surface area contributed by atoms with E-state index in [4.69, 9.17) is 0 Å². The van der Waals surface area contributed by atoms with Crippen molar-refractivity contribution in [1.82, 2.24) is 4.31 Å². The van der Waals surface area contributed by atoms with E-state index < -0.39 is 10.0 Å². The molecule has 110 valence electrons. The number of amides is 1. The van der Waals surface area contributed by atoms with Crippen molar-refractivity contribution in [3.05, 3.63) is 29.8 Å². The lowest BCUT2D eigenvalue weighted by Gasteiger charge is -2.30. The molecule has 1 aromatic carbocycles. The van der Waals surface area contributed by atoms with E-state index >= 15 is 0 Å². The number of hydrogen-bond acceptors (Lipinski definition) is 3. The van der Waals surface area contributed by atoms with Crippen LogP contribution in [0.4, 0.5) is 5.69 Å². The van der Waals surface area contributed by atoms with Crippen LogP contribution in [0.2, 0.25) is 0 Å². The Labute approximate surface area is 120 Å². The standard InChI is InChI=1S/C14H20N2O3S/c1-11-6-3-4-8-13(11)15-14(17)12-7-5-9-16(10-12)20(2,18)19/h3-4,6,8,12H,5,7,9-10H2,1-2H3,(H,15,17). The van der Waals surface area contributed by atoms with Gasteiger partial charge in [-0.2, -0.15) is 0 Å². The smallest absolute Gasteiger partial charge is 0.228 e. The van der Waals surface area contributed by atoms with E-state index in [1.54, 1.807) is 0 Å². The number of anilines is 1. The number of para-hydroxylation sites is 1. The van der Waals surface area contributed by atoms with Crippen molar-refractivity contribution in [2.24, 2.45) is 5.92 Å². The zero-order valence-corrected chi connectivity index (χ0v) is 12.6. The molecule has 1 unspecified atom stereocenters. The molecule has 0 radical (unpaired) electrons. The fourth-order valence-corrected chi connectivity index (χ4v) is 3.32. The Bertz CT molecular complexity index is 598. The third-order valence-corrected chi connectivity index (χ3v) is 4.90. The first kappa shape index (κ1) is 15.0. The number of rotatable bonds is 3. The Morgan fingerprint density at radius 1 is 1.35 bits per heavy atom. The van der Waals surface area contributed by atoms with Gasteiger partial charge in [-0.1, -0.05) is 18.2 Å². The summed E-state index contributed by atoms with van der Waals surface area (Å²) in [6.07, 6.45) is 2.64. The van der Waals surface area contributed by atoms with Crippen LogP contribution in [0.5, 0.6) is 0 Å². The summed E-state index contributed by atoms with van der Waals surface area (Å²) in [4.78, 5) is 12.3. The van der Waals surface area contributed by atoms with Crippen LogP contribution < -0.4 is 5.32 Å². The maximum Gasteiger partial charge on any atom is 0.228 e. The van der Waals surface area contributed by atoms with Crippen molar-refractivity contribution in [3.8, 4) is 0 Å². The molecule has 1 atom stereocenters. The van der Waals surface area contributed by atoms with Gasteiger partial charge in [-0.3, -0.25) is 4.79 Å². The van der Waals surface area contributed by atoms with Crippen LogP contribution in [0, 0.1) is 12.8 Å². The predicted molar refractivity (Wildman–Crippen MR) is 78.9 cm³/mol. The molecule has 20 heavy (non-hydrogen) atoms. The van der Waals surface area contributed by atoms with Gasteiger partial charge in [0.1, 0.15) is 0 Å². The molecule has 1 aliphatic heterocycles. The maximum absolute atomic E-state index is 12.3. The maximum atomic E-state index is 12.3. The van der Waals surface area contributed by atoms with Gasteiger partial charge in [0.15, 0.2) is 0 Å². The first-order chi connectivity index (χ1) is 9.38. The van der Waals surface area contributed by atoms with Gasteiger partial charge in [-0.05, 0) is 31.4 Å². The SMILES string of the molecule is Cc1ccccc1NC(=O)C1CCCN(S(C)(=O)=O)C1. The van der Waals surface area contributed by atoms with Crippen LogP contribution in [-0.4, -0.2) is 38.0 Å². The number of carbonyl (C=O) groups excluding carboxylic acids is 1. The summed E-state index contributed by atoms with van der Waals surface area (Å²) >= 11 is 0. The minimum Gasteiger partial charge on any atom is -0.326 e. The van der Waals surface area contributed by atoms with Crippen LogP contribution in [0.1, 0.15) is 18.4 Å². The molecule has 5 nitrogen and oxygen atoms in total.